The first-order chi connectivity index (χ1) is 17.0. The molecule has 4 rings (SSSR count). The van der Waals surface area contributed by atoms with Crippen LogP contribution in [0.15, 0.2) is 90.0 Å². The highest BCUT2D eigenvalue weighted by atomic mass is 32.1. The molecule has 0 saturated heterocycles. The highest BCUT2D eigenvalue weighted by Crippen LogP contribution is 2.27. The number of halogens is 1. The number of thiocarbonyl (C=S) groups is 1. The van der Waals surface area contributed by atoms with E-state index in [1.54, 1.807) is 48.7 Å². The first-order valence-electron chi connectivity index (χ1n) is 10.9. The summed E-state index contributed by atoms with van der Waals surface area (Å²) in [6, 6.07) is 23.8. The van der Waals surface area contributed by atoms with Gasteiger partial charge in [0.05, 0.1) is 18.4 Å². The molecule has 0 aliphatic rings. The van der Waals surface area contributed by atoms with E-state index in [9.17, 15) is 9.18 Å². The number of fused-ring (bicyclic) bond motifs is 1. The van der Waals surface area contributed by atoms with Gasteiger partial charge in [-0.2, -0.15) is 5.10 Å². The summed E-state index contributed by atoms with van der Waals surface area (Å²) < 4.78 is 24.2. The summed E-state index contributed by atoms with van der Waals surface area (Å²) in [6.45, 7) is 2.44. The maximum Gasteiger partial charge on any atom is 0.343 e. The number of carbonyl (C=O) groups is 1. The number of anilines is 1. The van der Waals surface area contributed by atoms with Gasteiger partial charge in [-0.3, -0.25) is 5.43 Å². The van der Waals surface area contributed by atoms with E-state index in [0.29, 0.717) is 34.9 Å². The number of hydrazone groups is 1. The van der Waals surface area contributed by atoms with Gasteiger partial charge in [0.15, 0.2) is 5.11 Å². The van der Waals surface area contributed by atoms with Gasteiger partial charge in [0.1, 0.15) is 17.3 Å². The molecule has 0 saturated carbocycles. The van der Waals surface area contributed by atoms with E-state index >= 15 is 0 Å². The molecular weight excluding hydrogens is 465 g/mol. The second-order valence-corrected chi connectivity index (χ2v) is 7.78. The Balaban J connectivity index is 1.53. The van der Waals surface area contributed by atoms with Crippen LogP contribution in [0.3, 0.4) is 0 Å². The van der Waals surface area contributed by atoms with Crippen LogP contribution in [0.25, 0.3) is 10.8 Å². The molecule has 4 aromatic carbocycles. The van der Waals surface area contributed by atoms with Crippen molar-refractivity contribution in [3.63, 3.8) is 0 Å². The van der Waals surface area contributed by atoms with Gasteiger partial charge in [-0.25, -0.2) is 9.18 Å². The Morgan fingerprint density at radius 3 is 2.49 bits per heavy atom. The maximum atomic E-state index is 13.1. The summed E-state index contributed by atoms with van der Waals surface area (Å²) in [6.07, 6.45) is 1.54. The van der Waals surface area contributed by atoms with Gasteiger partial charge >= 0.3 is 5.97 Å². The molecule has 4 aromatic rings. The molecule has 0 aliphatic heterocycles. The zero-order chi connectivity index (χ0) is 24.6. The third kappa shape index (κ3) is 6.18. The van der Waals surface area contributed by atoms with Crippen LogP contribution in [0.4, 0.5) is 10.1 Å². The lowest BCUT2D eigenvalue weighted by molar-refractivity contribution is 0.0734. The smallest absolute Gasteiger partial charge is 0.343 e. The minimum absolute atomic E-state index is 0.223. The average Bonchev–Trinajstić information content (AvgIpc) is 2.87. The predicted molar refractivity (Wildman–Crippen MR) is 140 cm³/mol. The Hall–Kier alpha value is -4.30. The summed E-state index contributed by atoms with van der Waals surface area (Å²) in [5.74, 6) is 0.194. The standard InChI is InChI=1S/C27H22FN3O3S/c1-2-33-22-14-7-19(8-15-22)26(32)34-25-16-9-18-5-3-4-6-23(18)24(25)17-29-31-27(35)30-21-12-10-20(28)11-13-21/h3-17H,2H2,1H3,(H2,30,31,35)/b29-17-. The van der Waals surface area contributed by atoms with E-state index in [0.717, 1.165) is 10.8 Å². The van der Waals surface area contributed by atoms with Crippen molar-refractivity contribution in [2.45, 2.75) is 6.92 Å². The molecule has 0 aromatic heterocycles. The minimum atomic E-state index is -0.501. The van der Waals surface area contributed by atoms with Gasteiger partial charge < -0.3 is 14.8 Å². The summed E-state index contributed by atoms with van der Waals surface area (Å²) in [7, 11) is 0. The molecule has 35 heavy (non-hydrogen) atoms. The third-order valence-corrected chi connectivity index (χ3v) is 5.19. The number of esters is 1. The van der Waals surface area contributed by atoms with Crippen LogP contribution >= 0.6 is 12.2 Å². The van der Waals surface area contributed by atoms with Gasteiger partial charge in [0, 0.05) is 11.3 Å². The summed E-state index contributed by atoms with van der Waals surface area (Å²) in [4.78, 5) is 12.8. The molecular formula is C27H22FN3O3S. The molecule has 0 heterocycles. The van der Waals surface area contributed by atoms with Crippen LogP contribution in [0, 0.1) is 5.82 Å². The number of rotatable bonds is 7. The molecule has 0 fully saturated rings. The third-order valence-electron chi connectivity index (χ3n) is 5.00. The van der Waals surface area contributed by atoms with Crippen molar-refractivity contribution in [1.29, 1.82) is 0 Å². The number of nitrogens with zero attached hydrogens (tertiary/aromatic N) is 1. The number of hydrogen-bond donors (Lipinski definition) is 2. The van der Waals surface area contributed by atoms with E-state index in [1.165, 1.54) is 12.1 Å². The highest BCUT2D eigenvalue weighted by Gasteiger charge is 2.14. The monoisotopic (exact) mass is 487 g/mol. The van der Waals surface area contributed by atoms with E-state index in [1.807, 2.05) is 37.3 Å². The summed E-state index contributed by atoms with van der Waals surface area (Å²) >= 11 is 5.25. The van der Waals surface area contributed by atoms with Crippen LogP contribution in [-0.2, 0) is 0 Å². The lowest BCUT2D eigenvalue weighted by atomic mass is 10.0. The summed E-state index contributed by atoms with van der Waals surface area (Å²) in [5, 5.41) is 9.17. The van der Waals surface area contributed by atoms with Crippen molar-refractivity contribution in [3.8, 4) is 11.5 Å². The highest BCUT2D eigenvalue weighted by molar-refractivity contribution is 7.80. The Labute approximate surface area is 207 Å². The van der Waals surface area contributed by atoms with Crippen LogP contribution in [0.2, 0.25) is 0 Å². The Morgan fingerprint density at radius 2 is 1.74 bits per heavy atom. The molecule has 0 radical (unpaired) electrons. The van der Waals surface area contributed by atoms with Crippen LogP contribution < -0.4 is 20.2 Å². The van der Waals surface area contributed by atoms with Gasteiger partial charge in [0.25, 0.3) is 0 Å². The zero-order valence-corrected chi connectivity index (χ0v) is 19.6. The number of ether oxygens (including phenoxy) is 2. The zero-order valence-electron chi connectivity index (χ0n) is 18.8. The number of carbonyl (C=O) groups excluding carboxylic acids is 1. The van der Waals surface area contributed by atoms with Crippen molar-refractivity contribution in [3.05, 3.63) is 102 Å². The van der Waals surface area contributed by atoms with Crippen molar-refractivity contribution < 1.29 is 18.7 Å². The Bertz CT molecular complexity index is 1370. The fourth-order valence-electron chi connectivity index (χ4n) is 3.36. The predicted octanol–water partition coefficient (Wildman–Crippen LogP) is 5.92. The largest absolute Gasteiger partial charge is 0.494 e. The van der Waals surface area contributed by atoms with Gasteiger partial charge in [-0.1, -0.05) is 30.3 Å². The van der Waals surface area contributed by atoms with E-state index in [-0.39, 0.29) is 10.9 Å². The van der Waals surface area contributed by atoms with Crippen LogP contribution in [0.1, 0.15) is 22.8 Å². The average molecular weight is 488 g/mol. The molecule has 0 spiro atoms. The van der Waals surface area contributed by atoms with E-state index in [4.69, 9.17) is 21.7 Å². The Morgan fingerprint density at radius 1 is 1.00 bits per heavy atom. The van der Waals surface area contributed by atoms with Gasteiger partial charge in [0.2, 0.25) is 0 Å². The second-order valence-electron chi connectivity index (χ2n) is 7.38. The normalized spacial score (nSPS) is 10.8. The molecule has 176 valence electrons. The van der Waals surface area contributed by atoms with Crippen molar-refractivity contribution >= 4 is 46.0 Å². The van der Waals surface area contributed by atoms with Gasteiger partial charge in [-0.05, 0) is 84.5 Å². The summed E-state index contributed by atoms with van der Waals surface area (Å²) in [5.41, 5.74) is 4.36. The first kappa shape index (κ1) is 23.8. The molecule has 0 amide bonds. The molecule has 0 unspecified atom stereocenters. The van der Waals surface area contributed by atoms with Crippen LogP contribution in [-0.4, -0.2) is 23.9 Å². The van der Waals surface area contributed by atoms with Gasteiger partial charge in [-0.15, -0.1) is 0 Å². The number of benzene rings is 4. The van der Waals surface area contributed by atoms with Crippen molar-refractivity contribution in [2.75, 3.05) is 11.9 Å². The molecule has 2 N–H and O–H groups in total. The first-order valence-corrected chi connectivity index (χ1v) is 11.3. The van der Waals surface area contributed by atoms with Crippen molar-refractivity contribution in [2.24, 2.45) is 5.10 Å². The molecule has 0 aliphatic carbocycles. The molecule has 8 heteroatoms. The van der Waals surface area contributed by atoms with E-state index in [2.05, 4.69) is 15.8 Å². The topological polar surface area (TPSA) is 72.0 Å². The number of hydrogen-bond acceptors (Lipinski definition) is 5. The molecule has 0 bridgehead atoms. The molecule has 0 atom stereocenters. The van der Waals surface area contributed by atoms with E-state index < -0.39 is 5.97 Å². The second kappa shape index (κ2) is 11.2. The lowest BCUT2D eigenvalue weighted by Gasteiger charge is -2.11. The SMILES string of the molecule is CCOc1ccc(C(=O)Oc2ccc3ccccc3c2/C=N\NC(=S)Nc2ccc(F)cc2)cc1. The van der Waals surface area contributed by atoms with Crippen molar-refractivity contribution in [1.82, 2.24) is 5.43 Å². The lowest BCUT2D eigenvalue weighted by Crippen LogP contribution is -2.23. The maximum absolute atomic E-state index is 13.1. The fourth-order valence-corrected chi connectivity index (χ4v) is 3.53. The minimum Gasteiger partial charge on any atom is -0.494 e. The van der Waals surface area contributed by atoms with Crippen LogP contribution in [0.5, 0.6) is 11.5 Å². The fraction of sp³-hybridized carbons (Fsp3) is 0.0741. The Kier molecular flexibility index (Phi) is 7.64. The number of nitrogens with one attached hydrogen (secondary N) is 2. The molecule has 6 nitrogen and oxygen atoms in total. The quantitative estimate of drug-likeness (QED) is 0.111.